The molecule has 4 N–H and O–H groups in total. The van der Waals surface area contributed by atoms with Crippen molar-refractivity contribution in [2.75, 3.05) is 0 Å². The molecule has 0 spiro atoms. The zero-order valence-electron chi connectivity index (χ0n) is 28.0. The molecule has 2 unspecified atom stereocenters. The second-order valence-electron chi connectivity index (χ2n) is 12.6. The van der Waals surface area contributed by atoms with Crippen molar-refractivity contribution in [1.82, 2.24) is 0 Å². The van der Waals surface area contributed by atoms with Crippen molar-refractivity contribution in [3.63, 3.8) is 0 Å². The van der Waals surface area contributed by atoms with Crippen molar-refractivity contribution in [2.45, 2.75) is 206 Å². The maximum Gasteiger partial charge on any atom is 0.370 e. The van der Waals surface area contributed by atoms with Crippen LogP contribution in [0.1, 0.15) is 194 Å². The van der Waals surface area contributed by atoms with E-state index in [1.165, 1.54) is 147 Å². The Bertz CT molecular complexity index is 693. The number of hydrogen-bond donors (Lipinski definition) is 4. The highest BCUT2D eigenvalue weighted by molar-refractivity contribution is 5.83. The summed E-state index contributed by atoms with van der Waals surface area (Å²) in [6.07, 6.45) is 36.0. The van der Waals surface area contributed by atoms with Crippen LogP contribution in [-0.2, 0) is 14.3 Å². The molecule has 1 aliphatic rings. The molecule has 7 nitrogen and oxygen atoms in total. The number of unbranched alkanes of at least 4 members (excludes halogenated alkanes) is 25. The van der Waals surface area contributed by atoms with Gasteiger partial charge in [0.25, 0.3) is 5.79 Å². The van der Waals surface area contributed by atoms with Crippen molar-refractivity contribution in [2.24, 2.45) is 0 Å². The van der Waals surface area contributed by atoms with Gasteiger partial charge in [0.05, 0.1) is 0 Å². The fraction of sp³-hybridized carbons (Fsp3) is 0.889. The van der Waals surface area contributed by atoms with Gasteiger partial charge in [-0.25, -0.2) is 9.59 Å². The van der Waals surface area contributed by atoms with Crippen LogP contribution < -0.4 is 0 Å². The number of allylic oxidation sites excluding steroid dienone is 1. The Morgan fingerprint density at radius 1 is 0.558 bits per heavy atom. The third-order valence-corrected chi connectivity index (χ3v) is 8.44. The zero-order valence-corrected chi connectivity index (χ0v) is 28.0. The average molecular weight is 613 g/mol. The third-order valence-electron chi connectivity index (χ3n) is 8.44. The molecule has 0 aliphatic carbocycles. The van der Waals surface area contributed by atoms with Gasteiger partial charge in [0.1, 0.15) is 6.10 Å². The molecule has 0 aromatic heterocycles. The van der Waals surface area contributed by atoms with Crippen LogP contribution in [0.3, 0.4) is 0 Å². The summed E-state index contributed by atoms with van der Waals surface area (Å²) >= 11 is 0. The van der Waals surface area contributed by atoms with Crippen LogP contribution in [-0.4, -0.2) is 44.3 Å². The minimum Gasteiger partial charge on any atom is -0.502 e. The summed E-state index contributed by atoms with van der Waals surface area (Å²) in [7, 11) is 0. The summed E-state index contributed by atoms with van der Waals surface area (Å²) in [5, 5.41) is 35.6. The number of aliphatic hydroxyl groups excluding tert-OH is 1. The predicted octanol–water partition coefficient (Wildman–Crippen LogP) is 10.6. The standard InChI is InChI=1S/C18H34O4.C18H34O3/c1-2-3-4-5-6-7-8-9-10-11-12-13-14-15-16-18(21,22-16)17(19)20;1-2-3-4-5-6-7-8-9-10-11-12-13-14-15-16-17(19)18(20)21/h16,21H,2-15H2,1H3,(H,19,20);16,19H,2-15H2,1H3,(H,20,21). The number of carbonyl (C=O) groups is 2. The van der Waals surface area contributed by atoms with Gasteiger partial charge in [-0.1, -0.05) is 174 Å². The first-order chi connectivity index (χ1) is 20.8. The van der Waals surface area contributed by atoms with Gasteiger partial charge in [-0.15, -0.1) is 0 Å². The second-order valence-corrected chi connectivity index (χ2v) is 12.6. The van der Waals surface area contributed by atoms with Gasteiger partial charge in [-0.2, -0.15) is 0 Å². The molecule has 2 atom stereocenters. The minimum absolute atomic E-state index is 0.488. The molecule has 1 heterocycles. The number of epoxide rings is 1. The maximum absolute atomic E-state index is 10.7. The number of aliphatic hydroxyl groups is 2. The van der Waals surface area contributed by atoms with Gasteiger partial charge in [-0.05, 0) is 25.3 Å². The molecular formula is C36H68O7. The SMILES string of the molecule is CCCCCCCCCCCCCCCC1OC1(O)C(=O)O.CCCCCCCCCCCCCCCC=C(O)C(=O)O. The Morgan fingerprint density at radius 3 is 1.19 bits per heavy atom. The second kappa shape index (κ2) is 29.1. The largest absolute Gasteiger partial charge is 0.502 e. The van der Waals surface area contributed by atoms with Crippen molar-refractivity contribution in [3.05, 3.63) is 11.8 Å². The van der Waals surface area contributed by atoms with E-state index in [2.05, 4.69) is 13.8 Å². The van der Waals surface area contributed by atoms with Crippen LogP contribution in [0.5, 0.6) is 0 Å². The van der Waals surface area contributed by atoms with Crippen LogP contribution >= 0.6 is 0 Å². The smallest absolute Gasteiger partial charge is 0.370 e. The molecule has 0 radical (unpaired) electrons. The van der Waals surface area contributed by atoms with Gasteiger partial charge in [0.2, 0.25) is 0 Å². The minimum atomic E-state index is -1.88. The normalized spacial score (nSPS) is 17.8. The summed E-state index contributed by atoms with van der Waals surface area (Å²) in [4.78, 5) is 21.0. The van der Waals surface area contributed by atoms with Gasteiger partial charge in [-0.3, -0.25) is 0 Å². The van der Waals surface area contributed by atoms with Gasteiger partial charge in [0, 0.05) is 0 Å². The van der Waals surface area contributed by atoms with Crippen molar-refractivity contribution in [1.29, 1.82) is 0 Å². The Balaban J connectivity index is 0.000000822. The number of ether oxygens (including phenoxy) is 1. The quantitative estimate of drug-likeness (QED) is 0.0275. The lowest BCUT2D eigenvalue weighted by molar-refractivity contribution is -0.157. The summed E-state index contributed by atoms with van der Waals surface area (Å²) < 4.78 is 4.83. The molecule has 1 rings (SSSR count). The van der Waals surface area contributed by atoms with Gasteiger partial charge >= 0.3 is 11.9 Å². The van der Waals surface area contributed by atoms with E-state index in [4.69, 9.17) is 20.1 Å². The van der Waals surface area contributed by atoms with Crippen LogP contribution in [0, 0.1) is 0 Å². The van der Waals surface area contributed by atoms with E-state index < -0.39 is 29.6 Å². The van der Waals surface area contributed by atoms with E-state index >= 15 is 0 Å². The average Bonchev–Trinajstić information content (AvgIpc) is 3.66. The molecule has 0 aromatic rings. The lowest BCUT2D eigenvalue weighted by atomic mass is 10.0. The number of aliphatic carboxylic acids is 2. The van der Waals surface area contributed by atoms with E-state index in [-0.39, 0.29) is 0 Å². The van der Waals surface area contributed by atoms with E-state index in [0.717, 1.165) is 25.7 Å². The molecule has 1 aliphatic heterocycles. The van der Waals surface area contributed by atoms with E-state index in [0.29, 0.717) is 12.8 Å². The molecule has 1 saturated heterocycles. The monoisotopic (exact) mass is 612 g/mol. The molecular weight excluding hydrogens is 544 g/mol. The van der Waals surface area contributed by atoms with E-state index in [9.17, 15) is 14.7 Å². The number of rotatable bonds is 30. The number of carboxylic acid groups (broad SMARTS) is 2. The van der Waals surface area contributed by atoms with Crippen LogP contribution in [0.15, 0.2) is 11.8 Å². The highest BCUT2D eigenvalue weighted by Gasteiger charge is 2.61. The molecule has 0 aromatic carbocycles. The van der Waals surface area contributed by atoms with Gasteiger partial charge in [0.15, 0.2) is 5.76 Å². The number of carboxylic acids is 2. The Kier molecular flexibility index (Phi) is 28.0. The fourth-order valence-electron chi connectivity index (χ4n) is 5.46. The predicted molar refractivity (Wildman–Crippen MR) is 176 cm³/mol. The van der Waals surface area contributed by atoms with Crippen molar-refractivity contribution >= 4 is 11.9 Å². The Morgan fingerprint density at radius 2 is 0.884 bits per heavy atom. The fourth-order valence-corrected chi connectivity index (χ4v) is 5.46. The highest BCUT2D eigenvalue weighted by atomic mass is 16.8. The van der Waals surface area contributed by atoms with E-state index in [1.54, 1.807) is 0 Å². The summed E-state index contributed by atoms with van der Waals surface area (Å²) in [5.74, 6) is -4.89. The Labute approximate surface area is 263 Å². The van der Waals surface area contributed by atoms with Gasteiger partial charge < -0.3 is 25.2 Å². The molecule has 43 heavy (non-hydrogen) atoms. The first-order valence-electron chi connectivity index (χ1n) is 18.1. The third kappa shape index (κ3) is 25.4. The molecule has 0 saturated carbocycles. The van der Waals surface area contributed by atoms with Crippen LogP contribution in [0.2, 0.25) is 0 Å². The van der Waals surface area contributed by atoms with Crippen molar-refractivity contribution < 1.29 is 34.8 Å². The molecule has 0 bridgehead atoms. The molecule has 254 valence electrons. The lowest BCUT2D eigenvalue weighted by Crippen LogP contribution is -2.26. The molecule has 0 amide bonds. The van der Waals surface area contributed by atoms with Crippen LogP contribution in [0.25, 0.3) is 0 Å². The van der Waals surface area contributed by atoms with E-state index in [1.807, 2.05) is 0 Å². The topological polar surface area (TPSA) is 128 Å². The van der Waals surface area contributed by atoms with Crippen molar-refractivity contribution in [3.8, 4) is 0 Å². The summed E-state index contributed by atoms with van der Waals surface area (Å²) in [5.41, 5.74) is 0. The van der Waals surface area contributed by atoms with Crippen LogP contribution in [0.4, 0.5) is 0 Å². The highest BCUT2D eigenvalue weighted by Crippen LogP contribution is 2.37. The Hall–Kier alpha value is -1.60. The molecule has 1 fully saturated rings. The maximum atomic E-state index is 10.7. The summed E-state index contributed by atoms with van der Waals surface area (Å²) in [6.45, 7) is 4.51. The molecule has 7 heteroatoms. The zero-order chi connectivity index (χ0) is 32.0. The number of hydrogen-bond acceptors (Lipinski definition) is 5. The first kappa shape index (κ1) is 41.4. The first-order valence-corrected chi connectivity index (χ1v) is 18.1. The summed E-state index contributed by atoms with van der Waals surface area (Å²) in [6, 6.07) is 0. The lowest BCUT2D eigenvalue weighted by Gasteiger charge is -2.03.